The molecule has 9 atom stereocenters. The van der Waals surface area contributed by atoms with Gasteiger partial charge in [-0.05, 0) is 110 Å². The molecule has 7 heteroatoms. The van der Waals surface area contributed by atoms with Crippen LogP contribution in [0.5, 0.6) is 0 Å². The van der Waals surface area contributed by atoms with Crippen molar-refractivity contribution in [1.82, 2.24) is 20.9 Å². The number of carbonyl (C=O) groups is 2. The predicted octanol–water partition coefficient (Wildman–Crippen LogP) is 3.36. The van der Waals surface area contributed by atoms with Gasteiger partial charge in [0.2, 0.25) is 11.8 Å². The van der Waals surface area contributed by atoms with Crippen LogP contribution in [-0.2, 0) is 14.3 Å². The minimum atomic E-state index is -0.447. The molecule has 6 rings (SSSR count). The number of carbonyl (C=O) groups excluding carboxylic acids is 2. The van der Waals surface area contributed by atoms with Crippen LogP contribution in [0.2, 0.25) is 0 Å². The molecular weight excluding hydrogens is 464 g/mol. The first-order chi connectivity index (χ1) is 17.5. The molecule has 0 aromatic carbocycles. The largest absolute Gasteiger partial charge is 0.365 e. The minimum absolute atomic E-state index is 0.00157. The zero-order valence-electron chi connectivity index (χ0n) is 23.7. The Balaban J connectivity index is 1.10. The molecule has 0 aromatic rings. The zero-order valence-corrected chi connectivity index (χ0v) is 23.7. The Morgan fingerprint density at radius 3 is 2.49 bits per heavy atom. The van der Waals surface area contributed by atoms with E-state index in [4.69, 9.17) is 4.74 Å². The van der Waals surface area contributed by atoms with E-state index < -0.39 is 6.10 Å². The lowest BCUT2D eigenvalue weighted by molar-refractivity contribution is -0.152. The average Bonchev–Trinajstić information content (AvgIpc) is 3.15. The highest BCUT2D eigenvalue weighted by Gasteiger charge is 2.61. The highest BCUT2D eigenvalue weighted by atomic mass is 16.5. The maximum absolute atomic E-state index is 13.8. The van der Waals surface area contributed by atoms with Gasteiger partial charge >= 0.3 is 0 Å². The van der Waals surface area contributed by atoms with E-state index in [-0.39, 0.29) is 35.0 Å². The third-order valence-corrected chi connectivity index (χ3v) is 10.9. The number of piperidine rings is 3. The molecule has 0 aromatic heterocycles. The van der Waals surface area contributed by atoms with Crippen molar-refractivity contribution in [3.63, 3.8) is 0 Å². The molecule has 2 saturated carbocycles. The topological polar surface area (TPSA) is 82.7 Å². The molecule has 37 heavy (non-hydrogen) atoms. The van der Waals surface area contributed by atoms with Gasteiger partial charge in [0.15, 0.2) is 0 Å². The number of rotatable bonds is 4. The van der Waals surface area contributed by atoms with Gasteiger partial charge in [-0.25, -0.2) is 0 Å². The van der Waals surface area contributed by atoms with Gasteiger partial charge in [0.1, 0.15) is 6.10 Å². The van der Waals surface area contributed by atoms with Crippen LogP contribution in [0.1, 0.15) is 98.8 Å². The molecule has 7 nitrogen and oxygen atoms in total. The van der Waals surface area contributed by atoms with Crippen LogP contribution < -0.4 is 16.0 Å². The van der Waals surface area contributed by atoms with Crippen molar-refractivity contribution in [2.24, 2.45) is 23.7 Å². The van der Waals surface area contributed by atoms with Crippen molar-refractivity contribution < 1.29 is 14.3 Å². The molecular formula is C30H50N4O3. The minimum Gasteiger partial charge on any atom is -0.365 e. The Morgan fingerprint density at radius 2 is 1.73 bits per heavy atom. The first kappa shape index (κ1) is 26.1. The molecule has 4 heterocycles. The summed E-state index contributed by atoms with van der Waals surface area (Å²) < 4.78 is 6.47. The Bertz CT molecular complexity index is 889. The summed E-state index contributed by atoms with van der Waals surface area (Å²) in [4.78, 5) is 29.3. The summed E-state index contributed by atoms with van der Waals surface area (Å²) in [5.41, 5.74) is -0.00315. The quantitative estimate of drug-likeness (QED) is 0.536. The van der Waals surface area contributed by atoms with E-state index >= 15 is 0 Å². The van der Waals surface area contributed by atoms with Crippen molar-refractivity contribution in [2.45, 2.75) is 146 Å². The molecule has 2 amide bonds. The molecule has 8 unspecified atom stereocenters. The van der Waals surface area contributed by atoms with Crippen LogP contribution in [0.4, 0.5) is 0 Å². The summed E-state index contributed by atoms with van der Waals surface area (Å²) in [5, 5.41) is 10.9. The lowest BCUT2D eigenvalue weighted by Gasteiger charge is -2.52. The Morgan fingerprint density at radius 1 is 1.00 bits per heavy atom. The number of amides is 2. The van der Waals surface area contributed by atoms with Crippen LogP contribution in [0.3, 0.4) is 0 Å². The summed E-state index contributed by atoms with van der Waals surface area (Å²) in [5.74, 6) is 2.35. The van der Waals surface area contributed by atoms with E-state index in [2.05, 4.69) is 48.5 Å². The molecule has 208 valence electrons. The first-order valence-electron chi connectivity index (χ1n) is 15.3. The zero-order chi connectivity index (χ0) is 26.1. The fourth-order valence-electron chi connectivity index (χ4n) is 10.0. The van der Waals surface area contributed by atoms with Crippen LogP contribution in [0.25, 0.3) is 0 Å². The third kappa shape index (κ3) is 4.75. The van der Waals surface area contributed by atoms with Crippen LogP contribution in [0.15, 0.2) is 0 Å². The highest BCUT2D eigenvalue weighted by Crippen LogP contribution is 2.54. The fraction of sp³-hybridized carbons (Fsp3) is 0.933. The third-order valence-electron chi connectivity index (χ3n) is 10.9. The van der Waals surface area contributed by atoms with E-state index in [9.17, 15) is 9.59 Å². The van der Waals surface area contributed by atoms with E-state index in [0.717, 1.165) is 51.5 Å². The van der Waals surface area contributed by atoms with Crippen LogP contribution in [0, 0.1) is 23.7 Å². The van der Waals surface area contributed by atoms with Gasteiger partial charge in [0.05, 0.1) is 12.1 Å². The van der Waals surface area contributed by atoms with Crippen LogP contribution >= 0.6 is 0 Å². The number of fused-ring (bicyclic) bond motifs is 5. The number of hydrogen-bond acceptors (Lipinski definition) is 5. The summed E-state index contributed by atoms with van der Waals surface area (Å²) in [6.45, 7) is 11.9. The second-order valence-electron chi connectivity index (χ2n) is 14.7. The second kappa shape index (κ2) is 9.48. The smallest absolute Gasteiger partial charge is 0.249 e. The predicted molar refractivity (Wildman–Crippen MR) is 144 cm³/mol. The maximum Gasteiger partial charge on any atom is 0.249 e. The summed E-state index contributed by atoms with van der Waals surface area (Å²) >= 11 is 0. The molecule has 6 fully saturated rings. The van der Waals surface area contributed by atoms with Crippen LogP contribution in [-0.4, -0.2) is 70.7 Å². The Labute approximate surface area is 223 Å². The normalized spacial score (nSPS) is 43.4. The SMILES string of the molecule is C[C@@H](OC1CCC2C(C1)C1CCNC3C4CCCCC4C(=O)N2C13)C(=O)NC1CC(C)(C)NC(C)(C)C1. The van der Waals surface area contributed by atoms with Crippen molar-refractivity contribution in [2.75, 3.05) is 6.54 Å². The summed E-state index contributed by atoms with van der Waals surface area (Å²) in [7, 11) is 0. The molecule has 4 aliphatic heterocycles. The van der Waals surface area contributed by atoms with Gasteiger partial charge < -0.3 is 25.6 Å². The molecule has 3 N–H and O–H groups in total. The Kier molecular flexibility index (Phi) is 6.68. The van der Waals surface area contributed by atoms with Crippen molar-refractivity contribution in [3.05, 3.63) is 0 Å². The molecule has 0 spiro atoms. The summed E-state index contributed by atoms with van der Waals surface area (Å²) in [6.07, 6.45) is 10.4. The Hall–Kier alpha value is -1.18. The van der Waals surface area contributed by atoms with Crippen molar-refractivity contribution >= 4 is 11.8 Å². The van der Waals surface area contributed by atoms with Crippen molar-refractivity contribution in [3.8, 4) is 0 Å². The fourth-order valence-corrected chi connectivity index (χ4v) is 10.0. The highest BCUT2D eigenvalue weighted by molar-refractivity contribution is 5.82. The van der Waals surface area contributed by atoms with Gasteiger partial charge in [-0.3, -0.25) is 9.59 Å². The van der Waals surface area contributed by atoms with E-state index in [0.29, 0.717) is 41.8 Å². The number of hydrogen-bond donors (Lipinski definition) is 3. The lowest BCUT2D eigenvalue weighted by Crippen LogP contribution is -2.66. The van der Waals surface area contributed by atoms with Gasteiger partial charge in [-0.15, -0.1) is 0 Å². The van der Waals surface area contributed by atoms with Gasteiger partial charge in [-0.1, -0.05) is 12.8 Å². The van der Waals surface area contributed by atoms with Crippen molar-refractivity contribution in [1.29, 1.82) is 0 Å². The molecule has 6 aliphatic rings. The molecule has 2 aliphatic carbocycles. The number of ether oxygens (including phenoxy) is 1. The monoisotopic (exact) mass is 514 g/mol. The number of nitrogens with zero attached hydrogens (tertiary/aromatic N) is 1. The van der Waals surface area contributed by atoms with Gasteiger partial charge in [0.25, 0.3) is 0 Å². The first-order valence-corrected chi connectivity index (χ1v) is 15.3. The van der Waals surface area contributed by atoms with Gasteiger partial charge in [-0.2, -0.15) is 0 Å². The van der Waals surface area contributed by atoms with E-state index in [1.54, 1.807) is 0 Å². The van der Waals surface area contributed by atoms with Gasteiger partial charge in [0, 0.05) is 35.1 Å². The second-order valence-corrected chi connectivity index (χ2v) is 14.7. The molecule has 4 saturated heterocycles. The summed E-state index contributed by atoms with van der Waals surface area (Å²) in [6, 6.07) is 1.39. The lowest BCUT2D eigenvalue weighted by atomic mass is 9.66. The van der Waals surface area contributed by atoms with E-state index in [1.165, 1.54) is 19.3 Å². The standard InChI is InChI=1S/C30H50N4O3/c1-17(27(35)32-18-15-29(2,3)33-30(4,5)16-18)37-19-10-11-24-23(14-19)21-12-13-31-25-20-8-6-7-9-22(20)28(36)34(24)26(21)25/h17-26,31,33H,6-16H2,1-5H3,(H,32,35)/t17-,19?,20?,21?,22?,23?,24?,25?,26?/m1/s1. The maximum atomic E-state index is 13.8. The number of nitrogens with one attached hydrogen (secondary N) is 3. The molecule has 0 radical (unpaired) electrons. The average molecular weight is 515 g/mol. The van der Waals surface area contributed by atoms with E-state index in [1.807, 2.05) is 6.92 Å². The molecule has 0 bridgehead atoms.